The molecular weight excluding hydrogens is 188 g/mol. The predicted molar refractivity (Wildman–Crippen MR) is 59.2 cm³/mol. The summed E-state index contributed by atoms with van der Waals surface area (Å²) in [4.78, 5) is 13.2. The lowest BCUT2D eigenvalue weighted by Gasteiger charge is -2.14. The van der Waals surface area contributed by atoms with Gasteiger partial charge in [-0.2, -0.15) is 0 Å². The van der Waals surface area contributed by atoms with E-state index in [0.717, 1.165) is 24.7 Å². The van der Waals surface area contributed by atoms with Gasteiger partial charge in [-0.1, -0.05) is 12.1 Å². The second-order valence-electron chi connectivity index (χ2n) is 4.25. The van der Waals surface area contributed by atoms with Crippen LogP contribution in [0.3, 0.4) is 0 Å². The van der Waals surface area contributed by atoms with Crippen molar-refractivity contribution in [3.63, 3.8) is 0 Å². The Morgan fingerprint density at radius 3 is 2.47 bits per heavy atom. The zero-order chi connectivity index (χ0) is 10.3. The fourth-order valence-corrected chi connectivity index (χ4v) is 2.06. The number of hydrogen-bond acceptors (Lipinski definition) is 1. The molecule has 1 heterocycles. The summed E-state index contributed by atoms with van der Waals surface area (Å²) in [5.41, 5.74) is 2.42. The standard InChI is InChI=1S/C12H14N2O/c15-12-13-7-8-14(12)11-5-3-10(4-6-11)9-1-2-9/h3-6,9H,1-2,7-8H2,(H,13,15). The minimum atomic E-state index is 0.0224. The molecule has 0 spiro atoms. The number of hydrogen-bond donors (Lipinski definition) is 1. The van der Waals surface area contributed by atoms with E-state index in [-0.39, 0.29) is 6.03 Å². The quantitative estimate of drug-likeness (QED) is 0.782. The molecule has 3 nitrogen and oxygen atoms in total. The Morgan fingerprint density at radius 1 is 1.20 bits per heavy atom. The van der Waals surface area contributed by atoms with Crippen molar-refractivity contribution in [2.24, 2.45) is 0 Å². The number of amides is 2. The van der Waals surface area contributed by atoms with Gasteiger partial charge >= 0.3 is 6.03 Å². The summed E-state index contributed by atoms with van der Waals surface area (Å²) in [6.45, 7) is 1.53. The summed E-state index contributed by atoms with van der Waals surface area (Å²) in [7, 11) is 0. The number of carbonyl (C=O) groups is 1. The maximum atomic E-state index is 11.4. The molecule has 0 atom stereocenters. The topological polar surface area (TPSA) is 32.3 Å². The molecule has 1 aromatic rings. The van der Waals surface area contributed by atoms with E-state index in [4.69, 9.17) is 0 Å². The van der Waals surface area contributed by atoms with Crippen LogP contribution in [0.2, 0.25) is 0 Å². The Hall–Kier alpha value is -1.51. The van der Waals surface area contributed by atoms with E-state index in [1.807, 2.05) is 0 Å². The van der Waals surface area contributed by atoms with E-state index >= 15 is 0 Å². The van der Waals surface area contributed by atoms with Crippen molar-refractivity contribution in [1.29, 1.82) is 0 Å². The Balaban J connectivity index is 1.82. The van der Waals surface area contributed by atoms with Gasteiger partial charge < -0.3 is 5.32 Å². The average molecular weight is 202 g/mol. The summed E-state index contributed by atoms with van der Waals surface area (Å²) >= 11 is 0. The van der Waals surface area contributed by atoms with Gasteiger partial charge in [0, 0.05) is 18.8 Å². The van der Waals surface area contributed by atoms with Crippen molar-refractivity contribution in [2.75, 3.05) is 18.0 Å². The summed E-state index contributed by atoms with van der Waals surface area (Å²) < 4.78 is 0. The SMILES string of the molecule is O=C1NCCN1c1ccc(C2CC2)cc1. The van der Waals surface area contributed by atoms with Gasteiger partial charge in [0.25, 0.3) is 0 Å². The third-order valence-corrected chi connectivity index (χ3v) is 3.11. The first kappa shape index (κ1) is 8.77. The number of rotatable bonds is 2. The van der Waals surface area contributed by atoms with Gasteiger partial charge in [-0.3, -0.25) is 4.90 Å². The van der Waals surface area contributed by atoms with Gasteiger partial charge in [0.2, 0.25) is 0 Å². The average Bonchev–Trinajstić information content (AvgIpc) is 3.02. The van der Waals surface area contributed by atoms with Crippen LogP contribution in [-0.4, -0.2) is 19.1 Å². The van der Waals surface area contributed by atoms with Crippen LogP contribution in [0.5, 0.6) is 0 Å². The van der Waals surface area contributed by atoms with Crippen molar-refractivity contribution >= 4 is 11.7 Å². The molecule has 1 N–H and O–H groups in total. The molecule has 1 saturated heterocycles. The molecule has 78 valence electrons. The highest BCUT2D eigenvalue weighted by molar-refractivity contribution is 5.93. The summed E-state index contributed by atoms with van der Waals surface area (Å²) in [6, 6.07) is 8.43. The number of carbonyl (C=O) groups excluding carboxylic acids is 1. The molecule has 0 bridgehead atoms. The lowest BCUT2D eigenvalue weighted by molar-refractivity contribution is 0.252. The largest absolute Gasteiger partial charge is 0.336 e. The first-order valence-electron chi connectivity index (χ1n) is 5.50. The van der Waals surface area contributed by atoms with E-state index in [9.17, 15) is 4.79 Å². The van der Waals surface area contributed by atoms with E-state index in [1.165, 1.54) is 18.4 Å². The van der Waals surface area contributed by atoms with Crippen LogP contribution < -0.4 is 10.2 Å². The number of nitrogens with one attached hydrogen (secondary N) is 1. The van der Waals surface area contributed by atoms with Crippen molar-refractivity contribution in [3.05, 3.63) is 29.8 Å². The van der Waals surface area contributed by atoms with Gasteiger partial charge in [-0.25, -0.2) is 4.79 Å². The first-order valence-corrected chi connectivity index (χ1v) is 5.50. The monoisotopic (exact) mass is 202 g/mol. The molecule has 3 rings (SSSR count). The number of benzene rings is 1. The molecule has 1 aliphatic carbocycles. The Labute approximate surface area is 89.1 Å². The van der Waals surface area contributed by atoms with Gasteiger partial charge in [-0.15, -0.1) is 0 Å². The van der Waals surface area contributed by atoms with Crippen LogP contribution in [0.15, 0.2) is 24.3 Å². The number of nitrogens with zero attached hydrogens (tertiary/aromatic N) is 1. The normalized spacial score (nSPS) is 20.5. The van der Waals surface area contributed by atoms with Gasteiger partial charge in [0.1, 0.15) is 0 Å². The zero-order valence-electron chi connectivity index (χ0n) is 8.57. The highest BCUT2D eigenvalue weighted by atomic mass is 16.2. The first-order chi connectivity index (χ1) is 7.34. The smallest absolute Gasteiger partial charge is 0.321 e. The van der Waals surface area contributed by atoms with E-state index in [0.29, 0.717) is 0 Å². The molecule has 2 aliphatic rings. The van der Waals surface area contributed by atoms with Crippen LogP contribution in [-0.2, 0) is 0 Å². The molecular formula is C12H14N2O. The second-order valence-corrected chi connectivity index (χ2v) is 4.25. The van der Waals surface area contributed by atoms with E-state index in [2.05, 4.69) is 29.6 Å². The summed E-state index contributed by atoms with van der Waals surface area (Å²) in [5.74, 6) is 0.784. The van der Waals surface area contributed by atoms with Gasteiger partial charge in [0.05, 0.1) is 0 Å². The highest BCUT2D eigenvalue weighted by Crippen LogP contribution is 2.40. The fourth-order valence-electron chi connectivity index (χ4n) is 2.06. The fraction of sp³-hybridized carbons (Fsp3) is 0.417. The Bertz CT molecular complexity index is 381. The molecule has 2 fully saturated rings. The van der Waals surface area contributed by atoms with Gasteiger partial charge in [-0.05, 0) is 36.5 Å². The zero-order valence-corrected chi connectivity index (χ0v) is 8.57. The van der Waals surface area contributed by atoms with Gasteiger partial charge in [0.15, 0.2) is 0 Å². The number of anilines is 1. The lowest BCUT2D eigenvalue weighted by atomic mass is 10.1. The predicted octanol–water partition coefficient (Wildman–Crippen LogP) is 2.09. The van der Waals surface area contributed by atoms with E-state index in [1.54, 1.807) is 4.90 Å². The maximum absolute atomic E-state index is 11.4. The molecule has 3 heteroatoms. The molecule has 1 aliphatic heterocycles. The second kappa shape index (κ2) is 3.26. The Morgan fingerprint density at radius 2 is 1.93 bits per heavy atom. The third kappa shape index (κ3) is 1.58. The Kier molecular flexibility index (Phi) is 1.91. The minimum Gasteiger partial charge on any atom is -0.336 e. The van der Waals surface area contributed by atoms with Crippen molar-refractivity contribution in [1.82, 2.24) is 5.32 Å². The summed E-state index contributed by atoms with van der Waals surface area (Å²) in [5, 5.41) is 2.80. The van der Waals surface area contributed by atoms with Crippen molar-refractivity contribution in [3.8, 4) is 0 Å². The molecule has 15 heavy (non-hydrogen) atoms. The maximum Gasteiger partial charge on any atom is 0.321 e. The van der Waals surface area contributed by atoms with Crippen LogP contribution in [0, 0.1) is 0 Å². The van der Waals surface area contributed by atoms with Crippen molar-refractivity contribution < 1.29 is 4.79 Å². The molecule has 1 saturated carbocycles. The van der Waals surface area contributed by atoms with Crippen LogP contribution >= 0.6 is 0 Å². The molecule has 0 aromatic heterocycles. The summed E-state index contributed by atoms with van der Waals surface area (Å²) in [6.07, 6.45) is 2.65. The molecule has 0 unspecified atom stereocenters. The third-order valence-electron chi connectivity index (χ3n) is 3.11. The van der Waals surface area contributed by atoms with Crippen molar-refractivity contribution in [2.45, 2.75) is 18.8 Å². The molecule has 1 aromatic carbocycles. The molecule has 0 radical (unpaired) electrons. The van der Waals surface area contributed by atoms with Crippen LogP contribution in [0.4, 0.5) is 10.5 Å². The van der Waals surface area contributed by atoms with E-state index < -0.39 is 0 Å². The molecule has 2 amide bonds. The van der Waals surface area contributed by atoms with Crippen LogP contribution in [0.25, 0.3) is 0 Å². The number of urea groups is 1. The minimum absolute atomic E-state index is 0.0224. The lowest BCUT2D eigenvalue weighted by Crippen LogP contribution is -2.27. The van der Waals surface area contributed by atoms with Crippen LogP contribution in [0.1, 0.15) is 24.3 Å². The highest BCUT2D eigenvalue weighted by Gasteiger charge is 2.24.